The van der Waals surface area contributed by atoms with Crippen LogP contribution in [-0.4, -0.2) is 26.7 Å². The lowest BCUT2D eigenvalue weighted by atomic mass is 10.1. The van der Waals surface area contributed by atoms with Crippen LogP contribution in [0.2, 0.25) is 0 Å². The summed E-state index contributed by atoms with van der Waals surface area (Å²) < 4.78 is 0. The molecule has 7 nitrogen and oxygen atoms in total. The van der Waals surface area contributed by atoms with E-state index in [9.17, 15) is 4.79 Å². The fourth-order valence-electron chi connectivity index (χ4n) is 3.00. The molecule has 0 unspecified atom stereocenters. The highest BCUT2D eigenvalue weighted by Gasteiger charge is 2.13. The van der Waals surface area contributed by atoms with Crippen LogP contribution < -0.4 is 10.6 Å². The predicted octanol–water partition coefficient (Wildman–Crippen LogP) is 3.00. The molecule has 3 N–H and O–H groups in total. The third kappa shape index (κ3) is 2.83. The molecule has 2 aromatic carbocycles. The van der Waals surface area contributed by atoms with Gasteiger partial charge < -0.3 is 10.6 Å². The maximum absolute atomic E-state index is 12.3. The number of carbonyl (C=O) groups excluding carboxylic acids is 1. The van der Waals surface area contributed by atoms with Crippen LogP contribution in [0.1, 0.15) is 17.5 Å². The molecular formula is C17H16N6O. The summed E-state index contributed by atoms with van der Waals surface area (Å²) in [4.78, 5) is 12.3. The molecule has 0 saturated carbocycles. The standard InChI is InChI=1S/C17H16N6O/c24-17(18-13-9-8-11-4-3-5-12(11)10-13)19-15-7-2-1-6-14(15)16-20-22-23-21-16/h1-2,6-10H,3-5H2,(H2,18,19,24)(H,20,21,22,23). The maximum Gasteiger partial charge on any atom is 0.323 e. The van der Waals surface area contributed by atoms with Crippen molar-refractivity contribution in [2.75, 3.05) is 10.6 Å². The summed E-state index contributed by atoms with van der Waals surface area (Å²) in [6.45, 7) is 0. The average molecular weight is 320 g/mol. The third-order valence-corrected chi connectivity index (χ3v) is 4.12. The Bertz CT molecular complexity index is 875. The second-order valence-electron chi connectivity index (χ2n) is 5.70. The Balaban J connectivity index is 1.51. The smallest absolute Gasteiger partial charge is 0.308 e. The number of aryl methyl sites for hydroxylation is 2. The number of anilines is 2. The summed E-state index contributed by atoms with van der Waals surface area (Å²) in [6.07, 6.45) is 3.38. The van der Waals surface area contributed by atoms with E-state index in [1.165, 1.54) is 17.5 Å². The molecule has 24 heavy (non-hydrogen) atoms. The molecule has 0 spiro atoms. The highest BCUT2D eigenvalue weighted by molar-refractivity contribution is 6.02. The van der Waals surface area contributed by atoms with E-state index in [1.807, 2.05) is 30.3 Å². The summed E-state index contributed by atoms with van der Waals surface area (Å²) in [5.41, 5.74) is 4.82. The highest BCUT2D eigenvalue weighted by Crippen LogP contribution is 2.26. The minimum atomic E-state index is -0.302. The molecular weight excluding hydrogens is 304 g/mol. The quantitative estimate of drug-likeness (QED) is 0.691. The molecule has 0 bridgehead atoms. The number of fused-ring (bicyclic) bond motifs is 1. The first kappa shape index (κ1) is 14.4. The van der Waals surface area contributed by atoms with Crippen LogP contribution >= 0.6 is 0 Å². The Kier molecular flexibility index (Phi) is 3.66. The first-order valence-corrected chi connectivity index (χ1v) is 7.82. The van der Waals surface area contributed by atoms with E-state index in [4.69, 9.17) is 0 Å². The van der Waals surface area contributed by atoms with Gasteiger partial charge in [0.15, 0.2) is 0 Å². The summed E-state index contributed by atoms with van der Waals surface area (Å²) >= 11 is 0. The van der Waals surface area contributed by atoms with Crippen molar-refractivity contribution in [2.45, 2.75) is 19.3 Å². The minimum Gasteiger partial charge on any atom is -0.308 e. The lowest BCUT2D eigenvalue weighted by Crippen LogP contribution is -2.20. The van der Waals surface area contributed by atoms with Gasteiger partial charge in [0.2, 0.25) is 5.82 Å². The summed E-state index contributed by atoms with van der Waals surface area (Å²) in [6, 6.07) is 13.1. The minimum absolute atomic E-state index is 0.302. The van der Waals surface area contributed by atoms with Gasteiger partial charge in [-0.1, -0.05) is 18.2 Å². The molecule has 0 fully saturated rings. The number of nitrogens with one attached hydrogen (secondary N) is 3. The Morgan fingerprint density at radius 2 is 1.92 bits per heavy atom. The van der Waals surface area contributed by atoms with E-state index in [0.29, 0.717) is 17.1 Å². The first-order valence-electron chi connectivity index (χ1n) is 7.82. The number of hydrogen-bond donors (Lipinski definition) is 3. The zero-order valence-electron chi connectivity index (χ0n) is 12.9. The second kappa shape index (κ2) is 6.11. The van der Waals surface area contributed by atoms with Crippen molar-refractivity contribution < 1.29 is 4.79 Å². The number of carbonyl (C=O) groups is 1. The summed E-state index contributed by atoms with van der Waals surface area (Å²) in [5.74, 6) is 0.434. The zero-order chi connectivity index (χ0) is 16.4. The SMILES string of the molecule is O=C(Nc1ccc2c(c1)CCC2)Nc1ccccc1-c1nn[nH]n1. The Morgan fingerprint density at radius 3 is 2.79 bits per heavy atom. The van der Waals surface area contributed by atoms with E-state index in [0.717, 1.165) is 18.5 Å². The molecule has 1 heterocycles. The van der Waals surface area contributed by atoms with Gasteiger partial charge in [-0.15, -0.1) is 10.2 Å². The summed E-state index contributed by atoms with van der Waals surface area (Å²) in [7, 11) is 0. The van der Waals surface area contributed by atoms with Crippen molar-refractivity contribution in [1.82, 2.24) is 20.6 Å². The molecule has 3 aromatic rings. The number of H-pyrrole nitrogens is 1. The van der Waals surface area contributed by atoms with E-state index in [2.05, 4.69) is 37.3 Å². The number of rotatable bonds is 3. The van der Waals surface area contributed by atoms with Gasteiger partial charge in [-0.2, -0.15) is 5.21 Å². The van der Waals surface area contributed by atoms with Crippen molar-refractivity contribution in [3.05, 3.63) is 53.6 Å². The Labute approximate surface area is 138 Å². The van der Waals surface area contributed by atoms with Crippen molar-refractivity contribution >= 4 is 17.4 Å². The largest absolute Gasteiger partial charge is 0.323 e. The van der Waals surface area contributed by atoms with Crippen molar-refractivity contribution in [3.8, 4) is 11.4 Å². The topological polar surface area (TPSA) is 95.6 Å². The van der Waals surface area contributed by atoms with Gasteiger partial charge in [-0.05, 0) is 59.9 Å². The molecule has 4 rings (SSSR count). The van der Waals surface area contributed by atoms with Crippen LogP contribution in [0.4, 0.5) is 16.2 Å². The van der Waals surface area contributed by atoms with Crippen LogP contribution in [0.15, 0.2) is 42.5 Å². The Morgan fingerprint density at radius 1 is 1.04 bits per heavy atom. The molecule has 0 aliphatic heterocycles. The molecule has 2 amide bonds. The third-order valence-electron chi connectivity index (χ3n) is 4.12. The van der Waals surface area contributed by atoms with Gasteiger partial charge in [0.1, 0.15) is 0 Å². The number of tetrazole rings is 1. The molecule has 1 aliphatic carbocycles. The van der Waals surface area contributed by atoms with Crippen molar-refractivity contribution in [1.29, 1.82) is 0 Å². The number of amides is 2. The number of aromatic amines is 1. The number of para-hydroxylation sites is 1. The van der Waals surface area contributed by atoms with Gasteiger partial charge >= 0.3 is 6.03 Å². The van der Waals surface area contributed by atoms with E-state index in [-0.39, 0.29) is 6.03 Å². The molecule has 7 heteroatoms. The van der Waals surface area contributed by atoms with Crippen molar-refractivity contribution in [3.63, 3.8) is 0 Å². The van der Waals surface area contributed by atoms with Gasteiger partial charge in [-0.3, -0.25) is 0 Å². The number of nitrogens with zero attached hydrogens (tertiary/aromatic N) is 3. The molecule has 0 radical (unpaired) electrons. The molecule has 120 valence electrons. The number of aromatic nitrogens is 4. The van der Waals surface area contributed by atoms with Gasteiger partial charge in [0.25, 0.3) is 0 Å². The predicted molar refractivity (Wildman–Crippen MR) is 90.7 cm³/mol. The van der Waals surface area contributed by atoms with Gasteiger partial charge in [0.05, 0.1) is 5.69 Å². The number of benzene rings is 2. The van der Waals surface area contributed by atoms with E-state index < -0.39 is 0 Å². The monoisotopic (exact) mass is 320 g/mol. The zero-order valence-corrected chi connectivity index (χ0v) is 12.9. The highest BCUT2D eigenvalue weighted by atomic mass is 16.2. The van der Waals surface area contributed by atoms with Gasteiger partial charge in [-0.25, -0.2) is 4.79 Å². The number of hydrogen-bond acceptors (Lipinski definition) is 4. The average Bonchev–Trinajstić information content (AvgIpc) is 3.26. The van der Waals surface area contributed by atoms with E-state index >= 15 is 0 Å². The van der Waals surface area contributed by atoms with Crippen LogP contribution in [0.5, 0.6) is 0 Å². The van der Waals surface area contributed by atoms with Gasteiger partial charge in [0, 0.05) is 11.3 Å². The van der Waals surface area contributed by atoms with Crippen molar-refractivity contribution in [2.24, 2.45) is 0 Å². The maximum atomic E-state index is 12.3. The summed E-state index contributed by atoms with van der Waals surface area (Å²) in [5, 5.41) is 19.6. The molecule has 1 aliphatic rings. The normalized spacial score (nSPS) is 12.7. The lowest BCUT2D eigenvalue weighted by Gasteiger charge is -2.11. The first-order chi connectivity index (χ1) is 11.8. The molecule has 0 atom stereocenters. The lowest BCUT2D eigenvalue weighted by molar-refractivity contribution is 0.262. The van der Waals surface area contributed by atoms with Crippen LogP contribution in [0.3, 0.4) is 0 Å². The second-order valence-corrected chi connectivity index (χ2v) is 5.70. The molecule has 0 saturated heterocycles. The van der Waals surface area contributed by atoms with Crippen LogP contribution in [0, 0.1) is 0 Å². The van der Waals surface area contributed by atoms with E-state index in [1.54, 1.807) is 6.07 Å². The molecule has 1 aromatic heterocycles. The van der Waals surface area contributed by atoms with Crippen LogP contribution in [-0.2, 0) is 12.8 Å². The van der Waals surface area contributed by atoms with Crippen LogP contribution in [0.25, 0.3) is 11.4 Å². The number of urea groups is 1. The fraction of sp³-hybridized carbons (Fsp3) is 0.176. The Hall–Kier alpha value is -3.22. The fourth-order valence-corrected chi connectivity index (χ4v) is 3.00.